The van der Waals surface area contributed by atoms with Gasteiger partial charge in [0.2, 0.25) is 11.8 Å². The van der Waals surface area contributed by atoms with Crippen LogP contribution in [0, 0.1) is 5.92 Å². The number of hydrogen-bond donors (Lipinski definition) is 1. The van der Waals surface area contributed by atoms with Crippen molar-refractivity contribution in [1.29, 1.82) is 0 Å². The monoisotopic (exact) mass is 386 g/mol. The van der Waals surface area contributed by atoms with Gasteiger partial charge in [0, 0.05) is 29.7 Å². The molecule has 0 saturated carbocycles. The van der Waals surface area contributed by atoms with E-state index in [1.54, 1.807) is 4.90 Å². The molecule has 0 aliphatic carbocycles. The van der Waals surface area contributed by atoms with Crippen LogP contribution >= 0.6 is 15.9 Å². The topological polar surface area (TPSA) is 49.4 Å². The molecule has 0 radical (unpaired) electrons. The lowest BCUT2D eigenvalue weighted by Crippen LogP contribution is -2.34. The first-order chi connectivity index (χ1) is 11.6. The van der Waals surface area contributed by atoms with Gasteiger partial charge in [-0.05, 0) is 36.2 Å². The van der Waals surface area contributed by atoms with Crippen molar-refractivity contribution < 1.29 is 9.59 Å². The number of nitrogens with zero attached hydrogens (tertiary/aromatic N) is 1. The highest BCUT2D eigenvalue weighted by molar-refractivity contribution is 9.10. The number of rotatable bonds is 5. The summed E-state index contributed by atoms with van der Waals surface area (Å²) in [5.41, 5.74) is 2.03. The maximum Gasteiger partial charge on any atom is 0.227 e. The molecule has 4 nitrogen and oxygen atoms in total. The molecule has 1 fully saturated rings. The van der Waals surface area contributed by atoms with Crippen molar-refractivity contribution in [3.8, 4) is 0 Å². The molecule has 1 heterocycles. The molecule has 2 amide bonds. The van der Waals surface area contributed by atoms with E-state index in [2.05, 4.69) is 21.2 Å². The second kappa shape index (κ2) is 7.62. The molecule has 24 heavy (non-hydrogen) atoms. The molecule has 3 rings (SSSR count). The zero-order valence-electron chi connectivity index (χ0n) is 13.2. The summed E-state index contributed by atoms with van der Waals surface area (Å²) in [6.07, 6.45) is 1.07. The first-order valence-corrected chi connectivity index (χ1v) is 8.80. The third-order valence-electron chi connectivity index (χ3n) is 4.19. The van der Waals surface area contributed by atoms with Crippen molar-refractivity contribution in [2.45, 2.75) is 12.8 Å². The molecule has 1 N–H and O–H groups in total. The number of hydrogen-bond acceptors (Lipinski definition) is 2. The summed E-state index contributed by atoms with van der Waals surface area (Å²) >= 11 is 3.38. The third-order valence-corrected chi connectivity index (χ3v) is 4.72. The first kappa shape index (κ1) is 16.7. The summed E-state index contributed by atoms with van der Waals surface area (Å²) in [7, 11) is 0. The van der Waals surface area contributed by atoms with E-state index in [0.29, 0.717) is 13.1 Å². The summed E-state index contributed by atoms with van der Waals surface area (Å²) < 4.78 is 0.966. The summed E-state index contributed by atoms with van der Waals surface area (Å²) in [6, 6.07) is 17.6. The van der Waals surface area contributed by atoms with Gasteiger partial charge in [0.1, 0.15) is 0 Å². The van der Waals surface area contributed by atoms with Gasteiger partial charge in [-0.25, -0.2) is 0 Å². The molecule has 5 heteroatoms. The van der Waals surface area contributed by atoms with Gasteiger partial charge in [-0.15, -0.1) is 0 Å². The molecule has 0 bridgehead atoms. The number of nitrogens with one attached hydrogen (secondary N) is 1. The second-order valence-corrected chi connectivity index (χ2v) is 6.82. The van der Waals surface area contributed by atoms with Crippen LogP contribution < -0.4 is 10.2 Å². The average Bonchev–Trinajstić information content (AvgIpc) is 2.98. The van der Waals surface area contributed by atoms with Gasteiger partial charge in [-0.2, -0.15) is 0 Å². The fourth-order valence-electron chi connectivity index (χ4n) is 2.87. The van der Waals surface area contributed by atoms with Crippen LogP contribution in [-0.4, -0.2) is 24.9 Å². The average molecular weight is 387 g/mol. The van der Waals surface area contributed by atoms with Gasteiger partial charge < -0.3 is 10.2 Å². The molecule has 0 aromatic heterocycles. The Morgan fingerprint density at radius 3 is 2.54 bits per heavy atom. The summed E-state index contributed by atoms with van der Waals surface area (Å²) in [5, 5.41) is 2.95. The quantitative estimate of drug-likeness (QED) is 0.857. The lowest BCUT2D eigenvalue weighted by atomic mass is 10.1. The third kappa shape index (κ3) is 4.03. The Bertz CT molecular complexity index is 716. The predicted molar refractivity (Wildman–Crippen MR) is 97.8 cm³/mol. The highest BCUT2D eigenvalue weighted by Gasteiger charge is 2.34. The molecule has 0 spiro atoms. The van der Waals surface area contributed by atoms with E-state index in [-0.39, 0.29) is 24.2 Å². The zero-order chi connectivity index (χ0) is 16.9. The highest BCUT2D eigenvalue weighted by Crippen LogP contribution is 2.26. The lowest BCUT2D eigenvalue weighted by Gasteiger charge is -2.16. The molecule has 2 aromatic rings. The largest absolute Gasteiger partial charge is 0.355 e. The Morgan fingerprint density at radius 2 is 1.83 bits per heavy atom. The van der Waals surface area contributed by atoms with E-state index in [4.69, 9.17) is 0 Å². The smallest absolute Gasteiger partial charge is 0.227 e. The Labute approximate surface area is 150 Å². The maximum atomic E-state index is 12.3. The zero-order valence-corrected chi connectivity index (χ0v) is 14.8. The lowest BCUT2D eigenvalue weighted by molar-refractivity contribution is -0.126. The van der Waals surface area contributed by atoms with Crippen molar-refractivity contribution in [2.24, 2.45) is 5.92 Å². The molecule has 1 aliphatic heterocycles. The fraction of sp³-hybridized carbons (Fsp3) is 0.263. The molecule has 1 aliphatic rings. The fourth-order valence-corrected chi connectivity index (χ4v) is 3.14. The minimum absolute atomic E-state index is 0.000492. The SMILES string of the molecule is O=C(NCCc1ccccc1)[C@@H]1CC(=O)N(c2ccc(Br)cc2)C1. The minimum Gasteiger partial charge on any atom is -0.355 e. The van der Waals surface area contributed by atoms with Crippen molar-refractivity contribution in [3.05, 3.63) is 64.6 Å². The number of halogens is 1. The van der Waals surface area contributed by atoms with Gasteiger partial charge >= 0.3 is 0 Å². The van der Waals surface area contributed by atoms with Crippen LogP contribution in [0.25, 0.3) is 0 Å². The summed E-state index contributed by atoms with van der Waals surface area (Å²) in [5.74, 6) is -0.323. The van der Waals surface area contributed by atoms with Crippen molar-refractivity contribution in [3.63, 3.8) is 0 Å². The van der Waals surface area contributed by atoms with Crippen molar-refractivity contribution in [1.82, 2.24) is 5.32 Å². The van der Waals surface area contributed by atoms with E-state index in [1.807, 2.05) is 54.6 Å². The summed E-state index contributed by atoms with van der Waals surface area (Å²) in [4.78, 5) is 26.2. The standard InChI is InChI=1S/C19H19BrN2O2/c20-16-6-8-17(9-7-16)22-13-15(12-18(22)23)19(24)21-11-10-14-4-2-1-3-5-14/h1-9,15H,10-13H2,(H,21,24)/t15-/m1/s1. The molecule has 2 aromatic carbocycles. The van der Waals surface area contributed by atoms with Crippen LogP contribution in [0.3, 0.4) is 0 Å². The van der Waals surface area contributed by atoms with E-state index in [0.717, 1.165) is 16.6 Å². The number of carbonyl (C=O) groups is 2. The van der Waals surface area contributed by atoms with E-state index in [9.17, 15) is 9.59 Å². The Kier molecular flexibility index (Phi) is 5.30. The number of benzene rings is 2. The molecule has 1 atom stereocenters. The maximum absolute atomic E-state index is 12.3. The van der Waals surface area contributed by atoms with E-state index < -0.39 is 0 Å². The number of amides is 2. The van der Waals surface area contributed by atoms with Crippen LogP contribution in [0.4, 0.5) is 5.69 Å². The Hall–Kier alpha value is -2.14. The van der Waals surface area contributed by atoms with Crippen LogP contribution in [0.2, 0.25) is 0 Å². The highest BCUT2D eigenvalue weighted by atomic mass is 79.9. The Morgan fingerprint density at radius 1 is 1.12 bits per heavy atom. The van der Waals surface area contributed by atoms with Crippen molar-refractivity contribution in [2.75, 3.05) is 18.0 Å². The first-order valence-electron chi connectivity index (χ1n) is 8.01. The van der Waals surface area contributed by atoms with Crippen molar-refractivity contribution >= 4 is 33.4 Å². The van der Waals surface area contributed by atoms with Gasteiger partial charge in [-0.1, -0.05) is 46.3 Å². The van der Waals surface area contributed by atoms with Crippen LogP contribution in [-0.2, 0) is 16.0 Å². The van der Waals surface area contributed by atoms with Crippen LogP contribution in [0.5, 0.6) is 0 Å². The van der Waals surface area contributed by atoms with Gasteiger partial charge in [0.25, 0.3) is 0 Å². The molecule has 124 valence electrons. The normalized spacial score (nSPS) is 17.1. The van der Waals surface area contributed by atoms with Gasteiger partial charge in [-0.3, -0.25) is 9.59 Å². The Balaban J connectivity index is 1.53. The predicted octanol–water partition coefficient (Wildman–Crippen LogP) is 3.16. The van der Waals surface area contributed by atoms with E-state index in [1.165, 1.54) is 5.56 Å². The number of anilines is 1. The summed E-state index contributed by atoms with van der Waals surface area (Å²) in [6.45, 7) is 1.03. The molecular formula is C19H19BrN2O2. The number of carbonyl (C=O) groups excluding carboxylic acids is 2. The molecule has 0 unspecified atom stereocenters. The second-order valence-electron chi connectivity index (χ2n) is 5.91. The van der Waals surface area contributed by atoms with Crippen LogP contribution in [0.15, 0.2) is 59.1 Å². The van der Waals surface area contributed by atoms with Gasteiger partial charge in [0.05, 0.1) is 5.92 Å². The van der Waals surface area contributed by atoms with Crippen LogP contribution in [0.1, 0.15) is 12.0 Å². The molecule has 1 saturated heterocycles. The molecular weight excluding hydrogens is 368 g/mol. The van der Waals surface area contributed by atoms with Gasteiger partial charge in [0.15, 0.2) is 0 Å². The van der Waals surface area contributed by atoms with E-state index >= 15 is 0 Å². The minimum atomic E-state index is -0.281.